The summed E-state index contributed by atoms with van der Waals surface area (Å²) < 4.78 is 65.9. The summed E-state index contributed by atoms with van der Waals surface area (Å²) in [5, 5.41) is 0. The number of benzene rings is 1. The number of carbonyl (C=O) groups is 1. The molecule has 0 bridgehead atoms. The predicted molar refractivity (Wildman–Crippen MR) is 77.0 cm³/mol. The number of rotatable bonds is 4. The third kappa shape index (κ3) is 4.81. The normalized spacial score (nSPS) is 13.0. The van der Waals surface area contributed by atoms with Crippen LogP contribution in [0.25, 0.3) is 0 Å². The zero-order valence-electron chi connectivity index (χ0n) is 10.9. The Labute approximate surface area is 133 Å². The molecule has 0 amide bonds. The van der Waals surface area contributed by atoms with E-state index < -0.39 is 27.0 Å². The quantitative estimate of drug-likeness (QED) is 0.446. The van der Waals surface area contributed by atoms with Crippen molar-refractivity contribution in [3.05, 3.63) is 27.8 Å². The highest BCUT2D eigenvalue weighted by Gasteiger charge is 2.50. The van der Waals surface area contributed by atoms with Crippen LogP contribution in [-0.4, -0.2) is 25.4 Å². The van der Waals surface area contributed by atoms with Crippen molar-refractivity contribution in [3.8, 4) is 5.75 Å². The van der Waals surface area contributed by atoms with Crippen molar-refractivity contribution in [3.63, 3.8) is 0 Å². The van der Waals surface area contributed by atoms with E-state index in [2.05, 4.69) is 0 Å². The minimum atomic E-state index is -5.65. The van der Waals surface area contributed by atoms with Gasteiger partial charge >= 0.3 is 21.5 Å². The van der Waals surface area contributed by atoms with Gasteiger partial charge < -0.3 is 4.74 Å². The van der Waals surface area contributed by atoms with Crippen LogP contribution in [0, 0.1) is 3.57 Å². The van der Waals surface area contributed by atoms with Crippen LogP contribution in [0.5, 0.6) is 5.75 Å². The first-order valence-electron chi connectivity index (χ1n) is 5.43. The minimum Gasteiger partial charge on any atom is -0.425 e. The maximum absolute atomic E-state index is 12.3. The Balaban J connectivity index is 2.88. The van der Waals surface area contributed by atoms with E-state index in [-0.39, 0.29) is 5.75 Å². The molecular weight excluding hydrogens is 426 g/mol. The Morgan fingerprint density at radius 1 is 1.19 bits per heavy atom. The summed E-state index contributed by atoms with van der Waals surface area (Å²) in [6, 6.07) is 6.12. The molecule has 1 rings (SSSR count). The molecule has 10 heteroatoms. The Hall–Kier alpha value is -0.880. The fourth-order valence-electron chi connectivity index (χ4n) is 1.17. The van der Waals surface area contributed by atoms with Gasteiger partial charge in [-0.2, -0.15) is 17.9 Å². The Kier molecular flexibility index (Phi) is 5.26. The minimum absolute atomic E-state index is 0.0969. The van der Waals surface area contributed by atoms with Gasteiger partial charge in [-0.1, -0.05) is 0 Å². The Morgan fingerprint density at radius 2 is 1.67 bits per heavy atom. The molecule has 1 N–H and O–H groups in total. The first kappa shape index (κ1) is 18.2. The average Bonchev–Trinajstić information content (AvgIpc) is 2.29. The van der Waals surface area contributed by atoms with E-state index >= 15 is 0 Å². The average molecular weight is 437 g/mol. The summed E-state index contributed by atoms with van der Waals surface area (Å²) in [4.78, 5) is 11.8. The van der Waals surface area contributed by atoms with Gasteiger partial charge in [0.25, 0.3) is 0 Å². The SMILES string of the molecule is CC(C)(NS(=O)(=O)C(F)(F)F)C(=O)Oc1ccc(I)cc1. The summed E-state index contributed by atoms with van der Waals surface area (Å²) in [5.74, 6) is -1.06. The number of hydrogen-bond acceptors (Lipinski definition) is 4. The van der Waals surface area contributed by atoms with Crippen molar-refractivity contribution in [2.45, 2.75) is 24.9 Å². The largest absolute Gasteiger partial charge is 0.511 e. The van der Waals surface area contributed by atoms with Crippen molar-refractivity contribution in [2.24, 2.45) is 0 Å². The molecule has 0 aliphatic carbocycles. The van der Waals surface area contributed by atoms with Crippen LogP contribution in [0.1, 0.15) is 13.8 Å². The molecule has 0 atom stereocenters. The third-order valence-corrected chi connectivity index (χ3v) is 4.34. The number of hydrogen-bond donors (Lipinski definition) is 1. The number of alkyl halides is 3. The number of halogens is 4. The van der Waals surface area contributed by atoms with Gasteiger partial charge in [-0.25, -0.2) is 13.2 Å². The third-order valence-electron chi connectivity index (χ3n) is 2.23. The zero-order chi connectivity index (χ0) is 16.5. The molecule has 0 aromatic heterocycles. The molecule has 0 saturated heterocycles. The van der Waals surface area contributed by atoms with Gasteiger partial charge in [0.15, 0.2) is 0 Å². The molecular formula is C11H11F3INO4S. The van der Waals surface area contributed by atoms with Crippen molar-refractivity contribution in [2.75, 3.05) is 0 Å². The standard InChI is InChI=1S/C11H11F3INO4S/c1-10(2,16-21(18,19)11(12,13)14)9(17)20-8-5-3-7(15)4-6-8/h3-6,16H,1-2H3. The molecule has 1 aromatic carbocycles. The molecule has 0 heterocycles. The van der Waals surface area contributed by atoms with Gasteiger partial charge in [-0.15, -0.1) is 0 Å². The maximum atomic E-state index is 12.3. The number of carbonyl (C=O) groups excluding carboxylic acids is 1. The molecule has 21 heavy (non-hydrogen) atoms. The smallest absolute Gasteiger partial charge is 0.425 e. The first-order valence-corrected chi connectivity index (χ1v) is 7.99. The summed E-state index contributed by atoms with van der Waals surface area (Å²) in [6.45, 7) is 1.96. The monoisotopic (exact) mass is 437 g/mol. The van der Waals surface area contributed by atoms with Crippen LogP contribution in [0.15, 0.2) is 24.3 Å². The van der Waals surface area contributed by atoms with Gasteiger partial charge in [0, 0.05) is 3.57 Å². The highest BCUT2D eigenvalue weighted by atomic mass is 127. The second-order valence-corrected chi connectivity index (χ2v) is 7.44. The molecule has 0 radical (unpaired) electrons. The van der Waals surface area contributed by atoms with E-state index in [0.29, 0.717) is 0 Å². The van der Waals surface area contributed by atoms with Crippen LogP contribution < -0.4 is 9.46 Å². The summed E-state index contributed by atoms with van der Waals surface area (Å²) in [7, 11) is -5.65. The fourth-order valence-corrected chi connectivity index (χ4v) is 2.40. The summed E-state index contributed by atoms with van der Waals surface area (Å²) in [6.07, 6.45) is 0. The lowest BCUT2D eigenvalue weighted by atomic mass is 10.1. The van der Waals surface area contributed by atoms with E-state index in [9.17, 15) is 26.4 Å². The van der Waals surface area contributed by atoms with E-state index in [0.717, 1.165) is 17.4 Å². The van der Waals surface area contributed by atoms with Crippen LogP contribution in [-0.2, 0) is 14.8 Å². The lowest BCUT2D eigenvalue weighted by Crippen LogP contribution is -2.54. The Bertz CT molecular complexity index is 626. The van der Waals surface area contributed by atoms with E-state index in [1.807, 2.05) is 22.6 Å². The van der Waals surface area contributed by atoms with Crippen LogP contribution >= 0.6 is 22.6 Å². The first-order chi connectivity index (χ1) is 9.35. The second kappa shape index (κ2) is 6.08. The van der Waals surface area contributed by atoms with E-state index in [1.54, 1.807) is 12.1 Å². The summed E-state index contributed by atoms with van der Waals surface area (Å²) >= 11 is 2.02. The van der Waals surface area contributed by atoms with Gasteiger partial charge in [-0.3, -0.25) is 0 Å². The zero-order valence-corrected chi connectivity index (χ0v) is 13.8. The second-order valence-electron chi connectivity index (χ2n) is 4.52. The van der Waals surface area contributed by atoms with Gasteiger partial charge in [0.1, 0.15) is 11.3 Å². The topological polar surface area (TPSA) is 72.5 Å². The molecule has 0 saturated carbocycles. The number of ether oxygens (including phenoxy) is 1. The molecule has 0 unspecified atom stereocenters. The van der Waals surface area contributed by atoms with Crippen molar-refractivity contribution in [1.82, 2.24) is 4.72 Å². The molecule has 1 aromatic rings. The highest BCUT2D eigenvalue weighted by Crippen LogP contribution is 2.24. The van der Waals surface area contributed by atoms with Crippen LogP contribution in [0.2, 0.25) is 0 Å². The number of sulfonamides is 1. The molecule has 0 aliphatic rings. The lowest BCUT2D eigenvalue weighted by Gasteiger charge is -2.24. The Morgan fingerprint density at radius 3 is 2.10 bits per heavy atom. The fraction of sp³-hybridized carbons (Fsp3) is 0.364. The molecule has 5 nitrogen and oxygen atoms in total. The van der Waals surface area contributed by atoms with Crippen LogP contribution in [0.4, 0.5) is 13.2 Å². The maximum Gasteiger partial charge on any atom is 0.511 e. The molecule has 0 fully saturated rings. The van der Waals surface area contributed by atoms with Gasteiger partial charge in [-0.05, 0) is 60.7 Å². The van der Waals surface area contributed by atoms with Crippen molar-refractivity contribution in [1.29, 1.82) is 0 Å². The molecule has 118 valence electrons. The van der Waals surface area contributed by atoms with Gasteiger partial charge in [0.05, 0.1) is 0 Å². The predicted octanol–water partition coefficient (Wildman–Crippen LogP) is 2.41. The summed E-state index contributed by atoms with van der Waals surface area (Å²) in [5.41, 5.74) is -7.58. The van der Waals surface area contributed by atoms with Crippen LogP contribution in [0.3, 0.4) is 0 Å². The van der Waals surface area contributed by atoms with Crippen molar-refractivity contribution < 1.29 is 31.1 Å². The molecule has 0 spiro atoms. The van der Waals surface area contributed by atoms with E-state index in [4.69, 9.17) is 4.74 Å². The lowest BCUT2D eigenvalue weighted by molar-refractivity contribution is -0.139. The number of esters is 1. The van der Waals surface area contributed by atoms with Gasteiger partial charge in [0.2, 0.25) is 0 Å². The van der Waals surface area contributed by atoms with Crippen molar-refractivity contribution >= 4 is 38.6 Å². The molecule has 0 aliphatic heterocycles. The van der Waals surface area contributed by atoms with E-state index in [1.165, 1.54) is 16.9 Å². The highest BCUT2D eigenvalue weighted by molar-refractivity contribution is 14.1. The number of nitrogens with one attached hydrogen (secondary N) is 1.